The first-order valence-corrected chi connectivity index (χ1v) is 9.61. The van der Waals surface area contributed by atoms with Crippen LogP contribution in [0.4, 0.5) is 0 Å². The standard InChI is InChI=1S/C13H15Cl3N2O2S/c1-8(14)13-17-11-6-9(15)10(16)7-12(11)18(13)4-3-5-21(2,19)20/h6-8H,3-5H2,1-2H3. The summed E-state index contributed by atoms with van der Waals surface area (Å²) in [6.45, 7) is 2.33. The van der Waals surface area contributed by atoms with Gasteiger partial charge in [0.05, 0.1) is 32.2 Å². The van der Waals surface area contributed by atoms with Gasteiger partial charge in [0.15, 0.2) is 0 Å². The van der Waals surface area contributed by atoms with E-state index >= 15 is 0 Å². The summed E-state index contributed by atoms with van der Waals surface area (Å²) in [5.41, 5.74) is 1.51. The fourth-order valence-electron chi connectivity index (χ4n) is 2.16. The minimum absolute atomic E-state index is 0.115. The van der Waals surface area contributed by atoms with Crippen LogP contribution in [0.1, 0.15) is 24.5 Å². The van der Waals surface area contributed by atoms with Gasteiger partial charge in [-0.2, -0.15) is 0 Å². The lowest BCUT2D eigenvalue weighted by Crippen LogP contribution is -2.10. The van der Waals surface area contributed by atoms with Crippen molar-refractivity contribution in [1.82, 2.24) is 9.55 Å². The highest BCUT2D eigenvalue weighted by atomic mass is 35.5. The van der Waals surface area contributed by atoms with Crippen LogP contribution in [-0.2, 0) is 16.4 Å². The van der Waals surface area contributed by atoms with Crippen LogP contribution in [0.15, 0.2) is 12.1 Å². The van der Waals surface area contributed by atoms with Crippen molar-refractivity contribution in [2.24, 2.45) is 0 Å². The first-order chi connectivity index (χ1) is 9.69. The number of halogens is 3. The van der Waals surface area contributed by atoms with Crippen LogP contribution in [0, 0.1) is 0 Å². The maximum absolute atomic E-state index is 11.3. The Morgan fingerprint density at radius 2 is 1.90 bits per heavy atom. The minimum Gasteiger partial charge on any atom is -0.327 e. The molecule has 2 rings (SSSR count). The lowest BCUT2D eigenvalue weighted by molar-refractivity contribution is 0.590. The molecule has 0 aliphatic carbocycles. The summed E-state index contributed by atoms with van der Waals surface area (Å²) < 4.78 is 24.4. The Bertz CT molecular complexity index is 769. The number of alkyl halides is 1. The predicted octanol–water partition coefficient (Wildman–Crippen LogP) is 4.08. The molecule has 0 bridgehead atoms. The summed E-state index contributed by atoms with van der Waals surface area (Å²) in [7, 11) is -2.99. The molecule has 0 spiro atoms. The third-order valence-corrected chi connectivity index (χ3v) is 5.02. The van der Waals surface area contributed by atoms with Gasteiger partial charge in [-0.05, 0) is 25.5 Å². The van der Waals surface area contributed by atoms with Crippen molar-refractivity contribution in [1.29, 1.82) is 0 Å². The fraction of sp³-hybridized carbons (Fsp3) is 0.462. The molecule has 0 fully saturated rings. The first-order valence-electron chi connectivity index (χ1n) is 6.36. The van der Waals surface area contributed by atoms with E-state index in [-0.39, 0.29) is 11.1 Å². The molecule has 1 unspecified atom stereocenters. The van der Waals surface area contributed by atoms with E-state index in [4.69, 9.17) is 34.8 Å². The summed E-state index contributed by atoms with van der Waals surface area (Å²) in [5.74, 6) is 0.794. The van der Waals surface area contributed by atoms with Crippen LogP contribution in [0.3, 0.4) is 0 Å². The Hall–Kier alpha value is -0.490. The highest BCUT2D eigenvalue weighted by Gasteiger charge is 2.16. The van der Waals surface area contributed by atoms with E-state index in [1.165, 1.54) is 6.26 Å². The Labute approximate surface area is 138 Å². The second kappa shape index (κ2) is 6.32. The van der Waals surface area contributed by atoms with E-state index in [1.54, 1.807) is 12.1 Å². The van der Waals surface area contributed by atoms with E-state index < -0.39 is 9.84 Å². The molecule has 0 aliphatic heterocycles. The van der Waals surface area contributed by atoms with Gasteiger partial charge in [-0.1, -0.05) is 23.2 Å². The van der Waals surface area contributed by atoms with E-state index in [1.807, 2.05) is 11.5 Å². The SMILES string of the molecule is CC(Cl)c1nc2cc(Cl)c(Cl)cc2n1CCCS(C)(=O)=O. The number of aryl methyl sites for hydroxylation is 1. The maximum atomic E-state index is 11.3. The lowest BCUT2D eigenvalue weighted by Gasteiger charge is -2.10. The van der Waals surface area contributed by atoms with Gasteiger partial charge in [0, 0.05) is 12.8 Å². The molecule has 0 N–H and O–H groups in total. The number of nitrogens with zero attached hydrogens (tertiary/aromatic N) is 2. The highest BCUT2D eigenvalue weighted by molar-refractivity contribution is 7.90. The number of sulfone groups is 1. The summed E-state index contributed by atoms with van der Waals surface area (Å²) >= 11 is 18.2. The lowest BCUT2D eigenvalue weighted by atomic mass is 10.3. The van der Waals surface area contributed by atoms with Crippen molar-refractivity contribution in [3.63, 3.8) is 0 Å². The topological polar surface area (TPSA) is 52.0 Å². The maximum Gasteiger partial charge on any atom is 0.147 e. The predicted molar refractivity (Wildman–Crippen MR) is 88.3 cm³/mol. The Morgan fingerprint density at radius 1 is 1.29 bits per heavy atom. The smallest absolute Gasteiger partial charge is 0.147 e. The van der Waals surface area contributed by atoms with Crippen LogP contribution >= 0.6 is 34.8 Å². The van der Waals surface area contributed by atoms with Crippen LogP contribution in [-0.4, -0.2) is 30.0 Å². The van der Waals surface area contributed by atoms with E-state index in [2.05, 4.69) is 4.98 Å². The van der Waals surface area contributed by atoms with Crippen molar-refractivity contribution in [3.8, 4) is 0 Å². The van der Waals surface area contributed by atoms with Crippen LogP contribution in [0.5, 0.6) is 0 Å². The molecule has 8 heteroatoms. The van der Waals surface area contributed by atoms with Crippen molar-refractivity contribution in [3.05, 3.63) is 28.0 Å². The van der Waals surface area contributed by atoms with Gasteiger partial charge in [0.2, 0.25) is 0 Å². The number of imidazole rings is 1. The zero-order chi connectivity index (χ0) is 15.8. The van der Waals surface area contributed by atoms with E-state index in [9.17, 15) is 8.42 Å². The molecule has 1 aromatic carbocycles. The van der Waals surface area contributed by atoms with Gasteiger partial charge >= 0.3 is 0 Å². The van der Waals surface area contributed by atoms with Crippen molar-refractivity contribution in [2.75, 3.05) is 12.0 Å². The Morgan fingerprint density at radius 3 is 2.48 bits per heavy atom. The summed E-state index contributed by atoms with van der Waals surface area (Å²) in [6, 6.07) is 3.42. The molecule has 0 radical (unpaired) electrons. The molecule has 0 amide bonds. The zero-order valence-electron chi connectivity index (χ0n) is 11.6. The molecule has 1 aromatic heterocycles. The molecule has 21 heavy (non-hydrogen) atoms. The minimum atomic E-state index is -2.99. The van der Waals surface area contributed by atoms with E-state index in [0.29, 0.717) is 34.4 Å². The Kier molecular flexibility index (Phi) is 5.08. The Balaban J connectivity index is 2.43. The number of hydrogen-bond donors (Lipinski definition) is 0. The number of hydrogen-bond acceptors (Lipinski definition) is 3. The second-order valence-electron chi connectivity index (χ2n) is 4.98. The number of rotatable bonds is 5. The van der Waals surface area contributed by atoms with Crippen LogP contribution in [0.2, 0.25) is 10.0 Å². The molecule has 0 saturated heterocycles. The van der Waals surface area contributed by atoms with Gasteiger partial charge in [0.1, 0.15) is 15.7 Å². The molecular formula is C13H15Cl3N2O2S. The zero-order valence-corrected chi connectivity index (χ0v) is 14.7. The normalized spacial score (nSPS) is 13.8. The monoisotopic (exact) mass is 368 g/mol. The van der Waals surface area contributed by atoms with Gasteiger partial charge in [-0.25, -0.2) is 13.4 Å². The molecule has 2 aromatic rings. The van der Waals surface area contributed by atoms with Gasteiger partial charge in [0.25, 0.3) is 0 Å². The molecular weight excluding hydrogens is 355 g/mol. The molecule has 0 aliphatic rings. The first kappa shape index (κ1) is 16.9. The summed E-state index contributed by atoms with van der Waals surface area (Å²) in [6.07, 6.45) is 1.71. The molecule has 1 heterocycles. The van der Waals surface area contributed by atoms with Crippen LogP contribution < -0.4 is 0 Å². The average molecular weight is 370 g/mol. The second-order valence-corrected chi connectivity index (χ2v) is 8.70. The third-order valence-electron chi connectivity index (χ3n) is 3.07. The highest BCUT2D eigenvalue weighted by Crippen LogP contribution is 2.31. The largest absolute Gasteiger partial charge is 0.327 e. The van der Waals surface area contributed by atoms with E-state index in [0.717, 1.165) is 5.52 Å². The van der Waals surface area contributed by atoms with Gasteiger partial charge in [-0.15, -0.1) is 11.6 Å². The third kappa shape index (κ3) is 4.03. The van der Waals surface area contributed by atoms with Gasteiger partial charge < -0.3 is 4.57 Å². The van der Waals surface area contributed by atoms with Crippen molar-refractivity contribution < 1.29 is 8.42 Å². The van der Waals surface area contributed by atoms with Crippen LogP contribution in [0.25, 0.3) is 11.0 Å². The van der Waals surface area contributed by atoms with Crippen molar-refractivity contribution >= 4 is 55.7 Å². The summed E-state index contributed by atoms with van der Waals surface area (Å²) in [5, 5.41) is 0.564. The molecule has 116 valence electrons. The number of aromatic nitrogens is 2. The summed E-state index contributed by atoms with van der Waals surface area (Å²) in [4.78, 5) is 4.47. The quantitative estimate of drug-likeness (QED) is 0.746. The average Bonchev–Trinajstić information content (AvgIpc) is 2.67. The van der Waals surface area contributed by atoms with Crippen molar-refractivity contribution in [2.45, 2.75) is 25.3 Å². The fourth-order valence-corrected chi connectivity index (χ4v) is 3.30. The molecule has 1 atom stereocenters. The molecule has 0 saturated carbocycles. The number of fused-ring (bicyclic) bond motifs is 1. The molecule has 4 nitrogen and oxygen atoms in total. The van der Waals surface area contributed by atoms with Gasteiger partial charge in [-0.3, -0.25) is 0 Å². The number of benzene rings is 1.